The van der Waals surface area contributed by atoms with E-state index in [9.17, 15) is 14.7 Å². The fourth-order valence-electron chi connectivity index (χ4n) is 0.802. The molecule has 0 aromatic heterocycles. The van der Waals surface area contributed by atoms with Gasteiger partial charge in [-0.2, -0.15) is 0 Å². The van der Waals surface area contributed by atoms with Crippen molar-refractivity contribution in [2.75, 3.05) is 6.61 Å². The molecule has 14 heavy (non-hydrogen) atoms. The predicted molar refractivity (Wildman–Crippen MR) is 49.2 cm³/mol. The summed E-state index contributed by atoms with van der Waals surface area (Å²) in [6.07, 6.45) is 3.78. The highest BCUT2D eigenvalue weighted by atomic mass is 16.5. The van der Waals surface area contributed by atoms with Gasteiger partial charge in [-0.1, -0.05) is 19.8 Å². The third kappa shape index (κ3) is 6.22. The Kier molecular flexibility index (Phi) is 6.45. The van der Waals surface area contributed by atoms with Crippen molar-refractivity contribution in [1.29, 1.82) is 0 Å². The van der Waals surface area contributed by atoms with Crippen LogP contribution in [0.15, 0.2) is 11.6 Å². The third-order valence-corrected chi connectivity index (χ3v) is 1.65. The summed E-state index contributed by atoms with van der Waals surface area (Å²) in [5, 5.41) is 10.2. The average Bonchev–Trinajstić information content (AvgIpc) is 2.12. The lowest BCUT2D eigenvalue weighted by Crippen LogP contribution is -2.23. The highest BCUT2D eigenvalue weighted by molar-refractivity contribution is 5.93. The number of carbonyl (C=O) groups is 2. The molecule has 4 heteroatoms. The minimum Gasteiger partial charge on any atom is -0.545 e. The molecule has 0 heterocycles. The Balaban J connectivity index is 3.75. The molecule has 0 N–H and O–H groups in total. The fourth-order valence-corrected chi connectivity index (χ4v) is 0.802. The second-order valence-electron chi connectivity index (χ2n) is 2.99. The van der Waals surface area contributed by atoms with Gasteiger partial charge in [0.15, 0.2) is 0 Å². The summed E-state index contributed by atoms with van der Waals surface area (Å²) in [7, 11) is 0. The van der Waals surface area contributed by atoms with Crippen molar-refractivity contribution < 1.29 is 19.4 Å². The van der Waals surface area contributed by atoms with Gasteiger partial charge in [-0.3, -0.25) is 0 Å². The van der Waals surface area contributed by atoms with Gasteiger partial charge in [-0.25, -0.2) is 4.79 Å². The van der Waals surface area contributed by atoms with E-state index >= 15 is 0 Å². The fraction of sp³-hybridized carbons (Fsp3) is 0.600. The van der Waals surface area contributed by atoms with Crippen LogP contribution in [0.1, 0.15) is 33.1 Å². The van der Waals surface area contributed by atoms with Crippen LogP contribution < -0.4 is 5.11 Å². The number of ether oxygens (including phenoxy) is 1. The highest BCUT2D eigenvalue weighted by Gasteiger charge is 1.99. The van der Waals surface area contributed by atoms with Gasteiger partial charge < -0.3 is 14.6 Å². The molecule has 0 rings (SSSR count). The average molecular weight is 199 g/mol. The first kappa shape index (κ1) is 12.7. The Morgan fingerprint density at radius 1 is 1.36 bits per heavy atom. The number of carboxylic acids is 1. The topological polar surface area (TPSA) is 66.4 Å². The van der Waals surface area contributed by atoms with E-state index in [4.69, 9.17) is 4.74 Å². The van der Waals surface area contributed by atoms with Crippen molar-refractivity contribution in [2.45, 2.75) is 33.1 Å². The van der Waals surface area contributed by atoms with Gasteiger partial charge in [-0.05, 0) is 18.9 Å². The van der Waals surface area contributed by atoms with Gasteiger partial charge in [0, 0.05) is 6.08 Å². The van der Waals surface area contributed by atoms with E-state index in [0.717, 1.165) is 25.3 Å². The molecular weight excluding hydrogens is 184 g/mol. The first-order valence-electron chi connectivity index (χ1n) is 4.64. The summed E-state index contributed by atoms with van der Waals surface area (Å²) in [5.41, 5.74) is -0.120. The summed E-state index contributed by atoms with van der Waals surface area (Å²) < 4.78 is 4.76. The molecule has 0 amide bonds. The van der Waals surface area contributed by atoms with Crippen LogP contribution in [0.2, 0.25) is 0 Å². The Labute approximate surface area is 83.6 Å². The molecule has 0 spiro atoms. The van der Waals surface area contributed by atoms with E-state index in [1.165, 1.54) is 6.92 Å². The van der Waals surface area contributed by atoms with Gasteiger partial charge in [0.25, 0.3) is 0 Å². The zero-order chi connectivity index (χ0) is 11.0. The van der Waals surface area contributed by atoms with E-state index in [1.54, 1.807) is 0 Å². The normalized spacial score (nSPS) is 11.1. The largest absolute Gasteiger partial charge is 0.545 e. The second-order valence-corrected chi connectivity index (χ2v) is 2.99. The maximum Gasteiger partial charge on any atom is 0.331 e. The molecule has 0 unspecified atom stereocenters. The molecule has 0 aliphatic carbocycles. The number of hydrogen-bond donors (Lipinski definition) is 0. The molecule has 0 aliphatic rings. The van der Waals surface area contributed by atoms with E-state index in [0.29, 0.717) is 6.61 Å². The molecule has 0 atom stereocenters. The first-order chi connectivity index (χ1) is 6.57. The van der Waals surface area contributed by atoms with E-state index < -0.39 is 11.9 Å². The minimum absolute atomic E-state index is 0.120. The van der Waals surface area contributed by atoms with Crippen molar-refractivity contribution >= 4 is 11.9 Å². The van der Waals surface area contributed by atoms with Crippen molar-refractivity contribution in [1.82, 2.24) is 0 Å². The van der Waals surface area contributed by atoms with Crippen LogP contribution in [-0.2, 0) is 14.3 Å². The van der Waals surface area contributed by atoms with Crippen LogP contribution in [0, 0.1) is 0 Å². The molecule has 4 nitrogen and oxygen atoms in total. The smallest absolute Gasteiger partial charge is 0.331 e. The first-order valence-corrected chi connectivity index (χ1v) is 4.64. The van der Waals surface area contributed by atoms with Crippen LogP contribution in [0.5, 0.6) is 0 Å². The van der Waals surface area contributed by atoms with Crippen LogP contribution in [0.4, 0.5) is 0 Å². The maximum atomic E-state index is 10.9. The molecule has 0 aromatic rings. The van der Waals surface area contributed by atoms with Crippen LogP contribution in [-0.4, -0.2) is 18.5 Å². The molecule has 0 saturated carbocycles. The summed E-state index contributed by atoms with van der Waals surface area (Å²) >= 11 is 0. The van der Waals surface area contributed by atoms with Crippen LogP contribution >= 0.6 is 0 Å². The predicted octanol–water partition coefficient (Wildman–Crippen LogP) is 0.416. The van der Waals surface area contributed by atoms with E-state index in [1.807, 2.05) is 6.92 Å². The maximum absolute atomic E-state index is 10.9. The number of aliphatic carboxylic acids is 1. The Bertz CT molecular complexity index is 230. The summed E-state index contributed by atoms with van der Waals surface area (Å²) in [6.45, 7) is 3.67. The molecule has 0 aromatic carbocycles. The quantitative estimate of drug-likeness (QED) is 0.353. The second kappa shape index (κ2) is 7.12. The number of hydrogen-bond acceptors (Lipinski definition) is 4. The summed E-state index contributed by atoms with van der Waals surface area (Å²) in [4.78, 5) is 21.2. The van der Waals surface area contributed by atoms with Crippen molar-refractivity contribution in [3.63, 3.8) is 0 Å². The van der Waals surface area contributed by atoms with E-state index in [2.05, 4.69) is 0 Å². The van der Waals surface area contributed by atoms with Gasteiger partial charge in [-0.15, -0.1) is 0 Å². The molecule has 0 saturated heterocycles. The Hall–Kier alpha value is -1.32. The summed E-state index contributed by atoms with van der Waals surface area (Å²) in [6, 6.07) is 0. The molecular formula is C10H15O4-. The molecule has 0 aliphatic heterocycles. The lowest BCUT2D eigenvalue weighted by Gasteiger charge is -2.03. The molecule has 0 bridgehead atoms. The van der Waals surface area contributed by atoms with Gasteiger partial charge in [0.1, 0.15) is 0 Å². The van der Waals surface area contributed by atoms with Crippen molar-refractivity contribution in [2.24, 2.45) is 0 Å². The van der Waals surface area contributed by atoms with Gasteiger partial charge in [0.2, 0.25) is 0 Å². The van der Waals surface area contributed by atoms with Gasteiger partial charge in [0.05, 0.1) is 12.6 Å². The zero-order valence-electron chi connectivity index (χ0n) is 8.54. The lowest BCUT2D eigenvalue weighted by atomic mass is 10.3. The Morgan fingerprint density at radius 2 is 2.00 bits per heavy atom. The standard InChI is InChI=1S/C10H16O4/c1-3-4-5-6-14-9(11)7-8(2)10(12)13/h7H,3-6H2,1-2H3,(H,12,13)/p-1/b8-7+. The highest BCUT2D eigenvalue weighted by Crippen LogP contribution is 1.96. The SMILES string of the molecule is CCCCCOC(=O)/C=C(\C)C(=O)[O-]. The Morgan fingerprint density at radius 3 is 2.50 bits per heavy atom. The number of carboxylic acid groups (broad SMARTS) is 1. The van der Waals surface area contributed by atoms with Crippen molar-refractivity contribution in [3.8, 4) is 0 Å². The minimum atomic E-state index is -1.35. The summed E-state index contributed by atoms with van der Waals surface area (Å²) in [5.74, 6) is -1.97. The lowest BCUT2D eigenvalue weighted by molar-refractivity contribution is -0.299. The van der Waals surface area contributed by atoms with Crippen LogP contribution in [0.3, 0.4) is 0 Å². The number of esters is 1. The molecule has 0 radical (unpaired) electrons. The van der Waals surface area contributed by atoms with Crippen molar-refractivity contribution in [3.05, 3.63) is 11.6 Å². The number of rotatable bonds is 6. The number of carbonyl (C=O) groups excluding carboxylic acids is 2. The molecule has 80 valence electrons. The third-order valence-electron chi connectivity index (χ3n) is 1.65. The van der Waals surface area contributed by atoms with Gasteiger partial charge >= 0.3 is 5.97 Å². The molecule has 0 fully saturated rings. The monoisotopic (exact) mass is 199 g/mol. The zero-order valence-corrected chi connectivity index (χ0v) is 8.54. The van der Waals surface area contributed by atoms with E-state index in [-0.39, 0.29) is 5.57 Å². The van der Waals surface area contributed by atoms with Crippen LogP contribution in [0.25, 0.3) is 0 Å². The number of unbranched alkanes of at least 4 members (excludes halogenated alkanes) is 2.